The fourth-order valence-electron chi connectivity index (χ4n) is 2.03. The average Bonchev–Trinajstić information content (AvgIpc) is 2.90. The van der Waals surface area contributed by atoms with E-state index >= 15 is 0 Å². The highest BCUT2D eigenvalue weighted by Gasteiger charge is 2.14. The van der Waals surface area contributed by atoms with Crippen LogP contribution < -0.4 is 4.90 Å². The van der Waals surface area contributed by atoms with E-state index in [1.54, 1.807) is 11.3 Å². The third kappa shape index (κ3) is 2.40. The van der Waals surface area contributed by atoms with Gasteiger partial charge in [-0.15, -0.1) is 11.3 Å². The smallest absolute Gasteiger partial charge is 0.140 e. The predicted molar refractivity (Wildman–Crippen MR) is 75.3 cm³/mol. The number of thiazole rings is 1. The van der Waals surface area contributed by atoms with Crippen LogP contribution in [-0.4, -0.2) is 31.3 Å². The standard InChI is InChI=1S/C14H16N2OS/c1-11-2-4-12(5-3-11)14-15-13(10-18-14)16-6-8-17-9-7-16/h2-5,10H,6-9H2,1H3. The fourth-order valence-corrected chi connectivity index (χ4v) is 2.87. The molecule has 18 heavy (non-hydrogen) atoms. The van der Waals surface area contributed by atoms with Crippen LogP contribution in [0, 0.1) is 6.92 Å². The van der Waals surface area contributed by atoms with Gasteiger partial charge in [0.1, 0.15) is 10.8 Å². The first-order valence-corrected chi connectivity index (χ1v) is 7.06. The van der Waals surface area contributed by atoms with Gasteiger partial charge in [0.05, 0.1) is 13.2 Å². The maximum atomic E-state index is 5.36. The van der Waals surface area contributed by atoms with Gasteiger partial charge in [-0.2, -0.15) is 0 Å². The average molecular weight is 260 g/mol. The monoisotopic (exact) mass is 260 g/mol. The van der Waals surface area contributed by atoms with Gasteiger partial charge in [-0.3, -0.25) is 0 Å². The van der Waals surface area contributed by atoms with Crippen molar-refractivity contribution in [2.75, 3.05) is 31.2 Å². The first-order chi connectivity index (χ1) is 8.83. The van der Waals surface area contributed by atoms with Crippen molar-refractivity contribution in [2.45, 2.75) is 6.92 Å². The maximum Gasteiger partial charge on any atom is 0.140 e. The summed E-state index contributed by atoms with van der Waals surface area (Å²) in [5.41, 5.74) is 2.48. The van der Waals surface area contributed by atoms with Gasteiger partial charge in [0.25, 0.3) is 0 Å². The molecule has 0 aliphatic carbocycles. The van der Waals surface area contributed by atoms with Crippen LogP contribution in [0.15, 0.2) is 29.6 Å². The van der Waals surface area contributed by atoms with E-state index in [-0.39, 0.29) is 0 Å². The lowest BCUT2D eigenvalue weighted by Gasteiger charge is -2.26. The number of anilines is 1. The van der Waals surface area contributed by atoms with Gasteiger partial charge in [0.15, 0.2) is 0 Å². The zero-order valence-electron chi connectivity index (χ0n) is 10.4. The molecule has 0 radical (unpaired) electrons. The Labute approximate surface area is 111 Å². The second-order valence-corrected chi connectivity index (χ2v) is 5.33. The number of nitrogens with zero attached hydrogens (tertiary/aromatic N) is 2. The zero-order valence-corrected chi connectivity index (χ0v) is 11.2. The summed E-state index contributed by atoms with van der Waals surface area (Å²) in [6.45, 7) is 5.59. The highest BCUT2D eigenvalue weighted by molar-refractivity contribution is 7.13. The van der Waals surface area contributed by atoms with Crippen molar-refractivity contribution in [1.82, 2.24) is 4.98 Å². The van der Waals surface area contributed by atoms with Crippen molar-refractivity contribution in [3.05, 3.63) is 35.2 Å². The van der Waals surface area contributed by atoms with Crippen LogP contribution in [0.3, 0.4) is 0 Å². The number of morpholine rings is 1. The Hall–Kier alpha value is -1.39. The Kier molecular flexibility index (Phi) is 3.30. The molecule has 0 atom stereocenters. The van der Waals surface area contributed by atoms with Crippen molar-refractivity contribution in [1.29, 1.82) is 0 Å². The van der Waals surface area contributed by atoms with Crippen molar-refractivity contribution in [3.8, 4) is 10.6 Å². The summed E-state index contributed by atoms with van der Waals surface area (Å²) in [4.78, 5) is 7.01. The predicted octanol–water partition coefficient (Wildman–Crippen LogP) is 2.96. The maximum absolute atomic E-state index is 5.36. The minimum atomic E-state index is 0.803. The van der Waals surface area contributed by atoms with E-state index in [4.69, 9.17) is 9.72 Å². The molecule has 0 N–H and O–H groups in total. The Morgan fingerprint density at radius 2 is 1.89 bits per heavy atom. The van der Waals surface area contributed by atoms with E-state index in [1.807, 2.05) is 0 Å². The van der Waals surface area contributed by atoms with Crippen LogP contribution in [0.25, 0.3) is 10.6 Å². The Bertz CT molecular complexity index is 515. The molecule has 0 bridgehead atoms. The molecule has 1 aliphatic rings. The van der Waals surface area contributed by atoms with Crippen molar-refractivity contribution in [3.63, 3.8) is 0 Å². The molecular weight excluding hydrogens is 244 g/mol. The fraction of sp³-hybridized carbons (Fsp3) is 0.357. The molecule has 1 aromatic carbocycles. The lowest BCUT2D eigenvalue weighted by Crippen LogP contribution is -2.36. The van der Waals surface area contributed by atoms with Crippen LogP contribution >= 0.6 is 11.3 Å². The van der Waals surface area contributed by atoms with Crippen LogP contribution in [0.2, 0.25) is 0 Å². The first kappa shape index (κ1) is 11.7. The van der Waals surface area contributed by atoms with Gasteiger partial charge in [-0.1, -0.05) is 29.8 Å². The summed E-state index contributed by atoms with van der Waals surface area (Å²) in [5, 5.41) is 3.23. The molecule has 2 aromatic rings. The molecule has 1 fully saturated rings. The number of aryl methyl sites for hydroxylation is 1. The van der Waals surface area contributed by atoms with Gasteiger partial charge in [0, 0.05) is 24.0 Å². The highest BCUT2D eigenvalue weighted by Crippen LogP contribution is 2.28. The molecule has 4 heteroatoms. The molecule has 0 unspecified atom stereocenters. The Morgan fingerprint density at radius 1 is 1.17 bits per heavy atom. The first-order valence-electron chi connectivity index (χ1n) is 6.18. The van der Waals surface area contributed by atoms with Gasteiger partial charge in [0.2, 0.25) is 0 Å². The molecular formula is C14H16N2OS. The van der Waals surface area contributed by atoms with E-state index in [1.165, 1.54) is 11.1 Å². The third-order valence-electron chi connectivity index (χ3n) is 3.13. The largest absolute Gasteiger partial charge is 0.378 e. The number of benzene rings is 1. The van der Waals surface area contributed by atoms with Gasteiger partial charge in [-0.05, 0) is 6.92 Å². The minimum Gasteiger partial charge on any atom is -0.378 e. The normalized spacial score (nSPS) is 15.9. The van der Waals surface area contributed by atoms with Gasteiger partial charge < -0.3 is 9.64 Å². The van der Waals surface area contributed by atoms with Crippen LogP contribution in [0.1, 0.15) is 5.56 Å². The highest BCUT2D eigenvalue weighted by atomic mass is 32.1. The topological polar surface area (TPSA) is 25.4 Å². The van der Waals surface area contributed by atoms with Crippen LogP contribution in [-0.2, 0) is 4.74 Å². The number of ether oxygens (including phenoxy) is 1. The summed E-state index contributed by atoms with van der Waals surface area (Å²) in [6.07, 6.45) is 0. The molecule has 1 aliphatic heterocycles. The number of rotatable bonds is 2. The second kappa shape index (κ2) is 5.08. The molecule has 1 aromatic heterocycles. The molecule has 3 nitrogen and oxygen atoms in total. The summed E-state index contributed by atoms with van der Waals surface area (Å²) in [7, 11) is 0. The number of aromatic nitrogens is 1. The lowest BCUT2D eigenvalue weighted by atomic mass is 10.2. The van der Waals surface area contributed by atoms with Crippen LogP contribution in [0.5, 0.6) is 0 Å². The second-order valence-electron chi connectivity index (χ2n) is 4.48. The van der Waals surface area contributed by atoms with Crippen molar-refractivity contribution in [2.24, 2.45) is 0 Å². The summed E-state index contributed by atoms with van der Waals surface area (Å²) < 4.78 is 5.36. The lowest BCUT2D eigenvalue weighted by molar-refractivity contribution is 0.122. The van der Waals surface area contributed by atoms with E-state index in [9.17, 15) is 0 Å². The Morgan fingerprint density at radius 3 is 2.61 bits per heavy atom. The number of hydrogen-bond acceptors (Lipinski definition) is 4. The van der Waals surface area contributed by atoms with Gasteiger partial charge in [-0.25, -0.2) is 4.98 Å². The van der Waals surface area contributed by atoms with Gasteiger partial charge >= 0.3 is 0 Å². The number of hydrogen-bond donors (Lipinski definition) is 0. The third-order valence-corrected chi connectivity index (χ3v) is 4.00. The van der Waals surface area contributed by atoms with Crippen molar-refractivity contribution >= 4 is 17.2 Å². The molecule has 94 valence electrons. The Balaban J connectivity index is 1.82. The summed E-state index contributed by atoms with van der Waals surface area (Å²) >= 11 is 1.71. The van der Waals surface area contributed by atoms with E-state index in [0.29, 0.717) is 0 Å². The van der Waals surface area contributed by atoms with E-state index in [0.717, 1.165) is 37.1 Å². The molecule has 2 heterocycles. The van der Waals surface area contributed by atoms with Crippen LogP contribution in [0.4, 0.5) is 5.82 Å². The minimum absolute atomic E-state index is 0.803. The molecule has 0 spiro atoms. The molecule has 1 saturated heterocycles. The molecule has 0 saturated carbocycles. The summed E-state index contributed by atoms with van der Waals surface area (Å²) in [6, 6.07) is 8.53. The quantitative estimate of drug-likeness (QED) is 0.830. The summed E-state index contributed by atoms with van der Waals surface area (Å²) in [5.74, 6) is 1.08. The zero-order chi connectivity index (χ0) is 12.4. The van der Waals surface area contributed by atoms with Crippen molar-refractivity contribution < 1.29 is 4.74 Å². The SMILES string of the molecule is Cc1ccc(-c2nc(N3CCOCC3)cs2)cc1. The molecule has 0 amide bonds. The molecule has 3 rings (SSSR count). The van der Waals surface area contributed by atoms with E-state index in [2.05, 4.69) is 41.5 Å². The van der Waals surface area contributed by atoms with E-state index < -0.39 is 0 Å².